The fraction of sp³-hybridized carbons (Fsp3) is 0.286. The molecule has 0 spiro atoms. The standard InChI is InChI=1S/C28H27BrN4O3/c1-2-32-17-22(20-5-3-4-6-24(20)32)26-25(21-16-30-23-15-18(29)7-8-19(21)23)27(34)33(28(26)35)10-9-31-11-13-36-14-12-31/h3-8,15-17,30H,2,9-14H2,1H3. The lowest BCUT2D eigenvalue weighted by Gasteiger charge is -2.28. The molecule has 4 heterocycles. The van der Waals surface area contributed by atoms with Gasteiger partial charge in [0, 0.05) is 82.5 Å². The first-order valence-electron chi connectivity index (χ1n) is 12.3. The van der Waals surface area contributed by atoms with E-state index < -0.39 is 0 Å². The quantitative estimate of drug-likeness (QED) is 0.361. The van der Waals surface area contributed by atoms with E-state index in [4.69, 9.17) is 4.74 Å². The molecule has 7 nitrogen and oxygen atoms in total. The summed E-state index contributed by atoms with van der Waals surface area (Å²) in [4.78, 5) is 34.9. The number of hydrogen-bond donors (Lipinski definition) is 1. The van der Waals surface area contributed by atoms with Crippen molar-refractivity contribution in [3.63, 3.8) is 0 Å². The Morgan fingerprint density at radius 3 is 2.47 bits per heavy atom. The Labute approximate surface area is 217 Å². The second-order valence-electron chi connectivity index (χ2n) is 9.20. The van der Waals surface area contributed by atoms with Crippen LogP contribution in [-0.4, -0.2) is 70.6 Å². The summed E-state index contributed by atoms with van der Waals surface area (Å²) in [6.07, 6.45) is 3.87. The number of aryl methyl sites for hydroxylation is 1. The van der Waals surface area contributed by atoms with E-state index in [0.29, 0.717) is 37.4 Å². The summed E-state index contributed by atoms with van der Waals surface area (Å²) >= 11 is 3.52. The van der Waals surface area contributed by atoms with Gasteiger partial charge in [-0.15, -0.1) is 0 Å². The fourth-order valence-corrected chi connectivity index (χ4v) is 5.72. The number of halogens is 1. The molecule has 8 heteroatoms. The fourth-order valence-electron chi connectivity index (χ4n) is 5.36. The van der Waals surface area contributed by atoms with Crippen molar-refractivity contribution < 1.29 is 14.3 Å². The van der Waals surface area contributed by atoms with Crippen LogP contribution in [0.5, 0.6) is 0 Å². The lowest BCUT2D eigenvalue weighted by Crippen LogP contribution is -2.43. The van der Waals surface area contributed by atoms with Crippen molar-refractivity contribution in [2.45, 2.75) is 13.5 Å². The summed E-state index contributed by atoms with van der Waals surface area (Å²) in [6, 6.07) is 14.0. The van der Waals surface area contributed by atoms with Gasteiger partial charge in [0.2, 0.25) is 0 Å². The van der Waals surface area contributed by atoms with Crippen LogP contribution in [0.3, 0.4) is 0 Å². The van der Waals surface area contributed by atoms with Gasteiger partial charge in [-0.1, -0.05) is 40.2 Å². The van der Waals surface area contributed by atoms with Gasteiger partial charge in [0.1, 0.15) is 0 Å². The Balaban J connectivity index is 1.50. The monoisotopic (exact) mass is 546 g/mol. The van der Waals surface area contributed by atoms with Gasteiger partial charge in [0.25, 0.3) is 11.8 Å². The predicted octanol–water partition coefficient (Wildman–Crippen LogP) is 4.52. The highest BCUT2D eigenvalue weighted by atomic mass is 79.9. The SMILES string of the molecule is CCn1cc(C2=C(c3c[nH]c4cc(Br)ccc34)C(=O)N(CCN3CCOCC3)C2=O)c2ccccc21. The van der Waals surface area contributed by atoms with Crippen LogP contribution < -0.4 is 0 Å². The summed E-state index contributed by atoms with van der Waals surface area (Å²) in [7, 11) is 0. The first-order chi connectivity index (χ1) is 17.6. The third-order valence-corrected chi connectivity index (χ3v) is 7.72. The number of aromatic amines is 1. The van der Waals surface area contributed by atoms with E-state index in [9.17, 15) is 9.59 Å². The number of carbonyl (C=O) groups excluding carboxylic acids is 2. The van der Waals surface area contributed by atoms with Crippen molar-refractivity contribution in [1.82, 2.24) is 19.4 Å². The number of morpholine rings is 1. The molecule has 36 heavy (non-hydrogen) atoms. The molecule has 2 aromatic heterocycles. The van der Waals surface area contributed by atoms with Crippen molar-refractivity contribution in [1.29, 1.82) is 0 Å². The molecule has 1 fully saturated rings. The molecular weight excluding hydrogens is 520 g/mol. The Kier molecular flexibility index (Phi) is 6.03. The van der Waals surface area contributed by atoms with Crippen molar-refractivity contribution in [2.75, 3.05) is 39.4 Å². The molecule has 1 saturated heterocycles. The van der Waals surface area contributed by atoms with E-state index in [0.717, 1.165) is 57.0 Å². The number of ether oxygens (including phenoxy) is 1. The van der Waals surface area contributed by atoms with Crippen LogP contribution in [0.15, 0.2) is 59.3 Å². The summed E-state index contributed by atoms with van der Waals surface area (Å²) in [5, 5.41) is 1.90. The van der Waals surface area contributed by atoms with Gasteiger partial charge in [-0.05, 0) is 25.1 Å². The lowest BCUT2D eigenvalue weighted by molar-refractivity contribution is -0.136. The zero-order valence-corrected chi connectivity index (χ0v) is 21.7. The van der Waals surface area contributed by atoms with Gasteiger partial charge in [-0.3, -0.25) is 19.4 Å². The predicted molar refractivity (Wildman–Crippen MR) is 144 cm³/mol. The Morgan fingerprint density at radius 1 is 0.944 bits per heavy atom. The second kappa shape index (κ2) is 9.35. The van der Waals surface area contributed by atoms with Crippen molar-refractivity contribution in [3.05, 3.63) is 70.5 Å². The molecule has 2 aliphatic heterocycles. The zero-order valence-electron chi connectivity index (χ0n) is 20.1. The first kappa shape index (κ1) is 23.2. The molecule has 2 aromatic carbocycles. The van der Waals surface area contributed by atoms with Gasteiger partial charge in [-0.25, -0.2) is 0 Å². The van der Waals surface area contributed by atoms with E-state index in [-0.39, 0.29) is 11.8 Å². The van der Waals surface area contributed by atoms with E-state index in [1.54, 1.807) is 0 Å². The molecule has 6 rings (SSSR count). The normalized spacial score (nSPS) is 17.3. The number of hydrogen-bond acceptors (Lipinski definition) is 4. The topological polar surface area (TPSA) is 70.6 Å². The van der Waals surface area contributed by atoms with Gasteiger partial charge >= 0.3 is 0 Å². The number of H-pyrrole nitrogens is 1. The summed E-state index contributed by atoms with van der Waals surface area (Å²) in [5.41, 5.74) is 4.48. The van der Waals surface area contributed by atoms with Gasteiger partial charge < -0.3 is 14.3 Å². The number of amides is 2. The minimum atomic E-state index is -0.236. The van der Waals surface area contributed by atoms with Gasteiger partial charge in [0.15, 0.2) is 0 Å². The maximum Gasteiger partial charge on any atom is 0.262 e. The number of para-hydroxylation sites is 1. The van der Waals surface area contributed by atoms with Crippen LogP contribution in [0, 0.1) is 0 Å². The number of benzene rings is 2. The van der Waals surface area contributed by atoms with E-state index in [2.05, 4.69) is 43.4 Å². The Hall–Kier alpha value is -3.20. The van der Waals surface area contributed by atoms with Crippen LogP contribution in [-0.2, 0) is 20.9 Å². The molecule has 0 unspecified atom stereocenters. The maximum atomic E-state index is 14.0. The molecule has 0 aliphatic carbocycles. The number of fused-ring (bicyclic) bond motifs is 2. The molecule has 2 amide bonds. The van der Waals surface area contributed by atoms with Crippen LogP contribution in [0.1, 0.15) is 18.1 Å². The average Bonchev–Trinajstić information content (AvgIpc) is 3.55. The maximum absolute atomic E-state index is 14.0. The summed E-state index contributed by atoms with van der Waals surface area (Å²) < 4.78 is 8.53. The first-order valence-corrected chi connectivity index (χ1v) is 13.1. The third-order valence-electron chi connectivity index (χ3n) is 7.22. The smallest absolute Gasteiger partial charge is 0.262 e. The Bertz CT molecular complexity index is 1530. The number of carbonyl (C=O) groups is 2. The van der Waals surface area contributed by atoms with Crippen LogP contribution in [0.2, 0.25) is 0 Å². The minimum Gasteiger partial charge on any atom is -0.379 e. The largest absolute Gasteiger partial charge is 0.379 e. The number of nitrogens with one attached hydrogen (secondary N) is 1. The lowest BCUT2D eigenvalue weighted by atomic mass is 9.95. The minimum absolute atomic E-state index is 0.228. The molecular formula is C28H27BrN4O3. The van der Waals surface area contributed by atoms with Gasteiger partial charge in [-0.2, -0.15) is 0 Å². The van der Waals surface area contributed by atoms with Crippen LogP contribution in [0.25, 0.3) is 33.0 Å². The average molecular weight is 547 g/mol. The van der Waals surface area contributed by atoms with E-state index in [1.165, 1.54) is 4.90 Å². The molecule has 184 valence electrons. The highest BCUT2D eigenvalue weighted by molar-refractivity contribution is 9.10. The molecule has 2 aliphatic rings. The van der Waals surface area contributed by atoms with E-state index in [1.807, 2.05) is 48.8 Å². The molecule has 4 aromatic rings. The molecule has 0 atom stereocenters. The molecule has 0 radical (unpaired) electrons. The molecule has 0 bridgehead atoms. The van der Waals surface area contributed by atoms with Gasteiger partial charge in [0.05, 0.1) is 24.4 Å². The number of nitrogens with zero attached hydrogens (tertiary/aromatic N) is 3. The summed E-state index contributed by atoms with van der Waals surface area (Å²) in [6.45, 7) is 6.82. The third kappa shape index (κ3) is 3.80. The highest BCUT2D eigenvalue weighted by Crippen LogP contribution is 2.41. The number of aromatic nitrogens is 2. The highest BCUT2D eigenvalue weighted by Gasteiger charge is 2.41. The van der Waals surface area contributed by atoms with Crippen LogP contribution >= 0.6 is 15.9 Å². The van der Waals surface area contributed by atoms with Crippen LogP contribution in [0.4, 0.5) is 0 Å². The summed E-state index contributed by atoms with van der Waals surface area (Å²) in [5.74, 6) is -0.464. The molecule has 0 saturated carbocycles. The zero-order chi connectivity index (χ0) is 24.8. The van der Waals surface area contributed by atoms with Crippen molar-refractivity contribution in [2.24, 2.45) is 0 Å². The second-order valence-corrected chi connectivity index (χ2v) is 10.1. The van der Waals surface area contributed by atoms with Crippen molar-refractivity contribution >= 4 is 60.7 Å². The van der Waals surface area contributed by atoms with Crippen molar-refractivity contribution in [3.8, 4) is 0 Å². The van der Waals surface area contributed by atoms with E-state index >= 15 is 0 Å². The number of imide groups is 1. The molecule has 1 N–H and O–H groups in total. The number of rotatable bonds is 6. The Morgan fingerprint density at radius 2 is 1.69 bits per heavy atom.